The highest BCUT2D eigenvalue weighted by Crippen LogP contribution is 2.40. The Bertz CT molecular complexity index is 2530. The first-order valence-electron chi connectivity index (χ1n) is 16.9. The number of carbonyl (C=O) groups excluding carboxylic acids is 2. The first-order valence-corrected chi connectivity index (χ1v) is 18.8. The normalized spacial score (nSPS) is 17.2. The molecule has 0 unspecified atom stereocenters. The minimum Gasteiger partial charge on any atom is -0.508 e. The number of hydrogen-bond donors (Lipinski definition) is 2. The molecule has 3 aromatic carbocycles. The maximum atomic E-state index is 13.2. The van der Waals surface area contributed by atoms with E-state index >= 15 is 0 Å². The molecule has 0 fully saturated rings. The van der Waals surface area contributed by atoms with Gasteiger partial charge in [-0.1, -0.05) is 49.4 Å². The van der Waals surface area contributed by atoms with Crippen molar-refractivity contribution in [2.75, 3.05) is 27.0 Å². The lowest BCUT2D eigenvalue weighted by Crippen LogP contribution is -2.44. The molecule has 8 rings (SSSR count). The summed E-state index contributed by atoms with van der Waals surface area (Å²) in [6, 6.07) is 22.9. The largest absolute Gasteiger partial charge is 0.508 e. The number of ether oxygens (including phenoxy) is 2. The Morgan fingerprint density at radius 2 is 1.63 bits per heavy atom. The van der Waals surface area contributed by atoms with Gasteiger partial charge in [-0.15, -0.1) is 12.4 Å². The molecule has 3 aliphatic heterocycles. The van der Waals surface area contributed by atoms with E-state index in [0.29, 0.717) is 46.7 Å². The number of cyclic esters (lactones) is 2. The van der Waals surface area contributed by atoms with Crippen LogP contribution >= 0.6 is 12.4 Å². The van der Waals surface area contributed by atoms with Crippen molar-refractivity contribution in [3.8, 4) is 17.1 Å². The molecule has 2 N–H and O–H groups in total. The van der Waals surface area contributed by atoms with Crippen LogP contribution in [0.25, 0.3) is 33.4 Å². The van der Waals surface area contributed by atoms with Gasteiger partial charge in [0, 0.05) is 40.5 Å². The van der Waals surface area contributed by atoms with Gasteiger partial charge >= 0.3 is 11.9 Å². The molecule has 0 bridgehead atoms. The Morgan fingerprint density at radius 3 is 2.28 bits per heavy atom. The van der Waals surface area contributed by atoms with Crippen molar-refractivity contribution in [1.82, 2.24) is 14.5 Å². The Kier molecular flexibility index (Phi) is 10.3. The van der Waals surface area contributed by atoms with Crippen LogP contribution in [0.5, 0.6) is 5.75 Å². The molecule has 5 heterocycles. The summed E-state index contributed by atoms with van der Waals surface area (Å²) in [5.74, 6) is -0.886. The van der Waals surface area contributed by atoms with Gasteiger partial charge in [-0.05, 0) is 68.0 Å². The van der Waals surface area contributed by atoms with Gasteiger partial charge in [0.05, 0.1) is 39.5 Å². The molecular formula is C40H38ClN3O9S. The summed E-state index contributed by atoms with van der Waals surface area (Å²) in [7, 11) is 0.622. The number of phenols is 1. The molecule has 3 aliphatic rings. The van der Waals surface area contributed by atoms with Gasteiger partial charge in [0.15, 0.2) is 15.4 Å². The van der Waals surface area contributed by atoms with Crippen LogP contribution in [-0.4, -0.2) is 72.0 Å². The predicted molar refractivity (Wildman–Crippen MR) is 205 cm³/mol. The molecular weight excluding hydrogens is 734 g/mol. The number of benzene rings is 3. The fourth-order valence-electron chi connectivity index (χ4n) is 7.02. The predicted octanol–water partition coefficient (Wildman–Crippen LogP) is 4.83. The van der Waals surface area contributed by atoms with Gasteiger partial charge in [0.1, 0.15) is 19.0 Å². The van der Waals surface area contributed by atoms with Crippen LogP contribution in [0.1, 0.15) is 46.7 Å². The Labute approximate surface area is 317 Å². The first-order chi connectivity index (χ1) is 25.2. The van der Waals surface area contributed by atoms with E-state index in [2.05, 4.69) is 0 Å². The Balaban J connectivity index is 0.000000191. The first kappa shape index (κ1) is 38.4. The van der Waals surface area contributed by atoms with Crippen LogP contribution in [0.2, 0.25) is 0 Å². The molecule has 0 radical (unpaired) electrons. The highest BCUT2D eigenvalue weighted by Gasteiger charge is 2.45. The summed E-state index contributed by atoms with van der Waals surface area (Å²) in [6.45, 7) is 2.60. The lowest BCUT2D eigenvalue weighted by Gasteiger charge is -2.31. The lowest BCUT2D eigenvalue weighted by molar-refractivity contribution is -0.172. The lowest BCUT2D eigenvalue weighted by atomic mass is 9.86. The highest BCUT2D eigenvalue weighted by atomic mass is 35.5. The quantitative estimate of drug-likeness (QED) is 0.223. The fraction of sp³-hybridized carbons (Fsp3) is 0.250. The number of sulfone groups is 1. The molecule has 12 nitrogen and oxygen atoms in total. The van der Waals surface area contributed by atoms with E-state index in [1.54, 1.807) is 54.0 Å². The fourth-order valence-corrected chi connectivity index (χ4v) is 7.65. The van der Waals surface area contributed by atoms with Gasteiger partial charge in [-0.2, -0.15) is 0 Å². The number of fused-ring (bicyclic) bond motifs is 5. The molecule has 5 aromatic rings. The maximum Gasteiger partial charge on any atom is 0.343 e. The number of pyridine rings is 2. The standard InChI is InChI=1S/C23H23N3O5.C17H14O4S.ClH/c1-4-23(30)16-8-18-20-12(9-26(18)21(28)15(16)11-31-22(23)29)7-13-14(10-25(2)3)19(27)6-5-17(13)24-20;1-22(19,20)14-9-7-12(8-10-14)15-11-21-17(18)16(15)13-5-3-2-4-6-13;/h5-8,27,30H,4,9-11H2,1-3H3;2-10H,11H2,1H3;1H/t23-;;/m0../s1. The number of nitrogens with zero attached hydrogens (tertiary/aromatic N) is 3. The van der Waals surface area contributed by atoms with E-state index < -0.39 is 21.4 Å². The van der Waals surface area contributed by atoms with Crippen molar-refractivity contribution < 1.29 is 37.7 Å². The van der Waals surface area contributed by atoms with Gasteiger partial charge in [0.2, 0.25) is 0 Å². The van der Waals surface area contributed by atoms with Crippen LogP contribution in [0.3, 0.4) is 0 Å². The second-order valence-corrected chi connectivity index (χ2v) is 15.6. The minimum absolute atomic E-state index is 0. The van der Waals surface area contributed by atoms with Crippen LogP contribution in [0, 0.1) is 0 Å². The molecule has 0 aliphatic carbocycles. The molecule has 54 heavy (non-hydrogen) atoms. The monoisotopic (exact) mass is 771 g/mol. The van der Waals surface area contributed by atoms with Gasteiger partial charge in [-0.25, -0.2) is 23.0 Å². The molecule has 0 spiro atoms. The molecule has 1 atom stereocenters. The van der Waals surface area contributed by atoms with Crippen LogP contribution in [0.4, 0.5) is 0 Å². The van der Waals surface area contributed by atoms with Crippen molar-refractivity contribution in [2.24, 2.45) is 0 Å². The number of phenolic OH excluding ortho intramolecular Hbond substituents is 1. The number of aromatic hydroxyl groups is 1. The van der Waals surface area contributed by atoms with Crippen molar-refractivity contribution >= 4 is 56.2 Å². The maximum absolute atomic E-state index is 13.2. The third-order valence-electron chi connectivity index (χ3n) is 9.80. The summed E-state index contributed by atoms with van der Waals surface area (Å²) in [6.07, 6.45) is 1.27. The van der Waals surface area contributed by atoms with Gasteiger partial charge in [-0.3, -0.25) is 4.79 Å². The number of rotatable bonds is 6. The number of hydrogen-bond acceptors (Lipinski definition) is 11. The SMILES string of the molecule is CC[C@@]1(O)C(=O)OCc2c1cc1n(c2=O)Cc2cc3c(CN(C)C)c(O)ccc3nc2-1.CS(=O)(=O)c1ccc(C2=C(c3ccccc3)C(=O)OC2)cc1.Cl. The number of halogens is 1. The number of esters is 2. The zero-order chi connectivity index (χ0) is 37.8. The van der Waals surface area contributed by atoms with E-state index in [-0.39, 0.29) is 54.2 Å². The topological polar surface area (TPSA) is 165 Å². The van der Waals surface area contributed by atoms with Crippen molar-refractivity contribution in [1.29, 1.82) is 0 Å². The number of carbonyl (C=O) groups is 2. The average molecular weight is 772 g/mol. The molecule has 0 saturated carbocycles. The smallest absolute Gasteiger partial charge is 0.343 e. The summed E-state index contributed by atoms with van der Waals surface area (Å²) >= 11 is 0. The zero-order valence-electron chi connectivity index (χ0n) is 30.0. The van der Waals surface area contributed by atoms with Gasteiger partial charge in [0.25, 0.3) is 5.56 Å². The summed E-state index contributed by atoms with van der Waals surface area (Å²) in [5.41, 5.74) is 4.93. The Hall–Kier alpha value is -5.34. The van der Waals surface area contributed by atoms with E-state index in [1.165, 1.54) is 6.26 Å². The summed E-state index contributed by atoms with van der Waals surface area (Å²) in [5, 5.41) is 22.2. The number of aromatic nitrogens is 2. The van der Waals surface area contributed by atoms with E-state index in [9.17, 15) is 33.0 Å². The third-order valence-corrected chi connectivity index (χ3v) is 10.9. The second kappa shape index (κ2) is 14.5. The van der Waals surface area contributed by atoms with Crippen LogP contribution in [-0.2, 0) is 54.2 Å². The Morgan fingerprint density at radius 1 is 0.926 bits per heavy atom. The van der Waals surface area contributed by atoms with E-state index in [0.717, 1.165) is 33.2 Å². The third kappa shape index (κ3) is 6.68. The molecule has 2 aromatic heterocycles. The highest BCUT2D eigenvalue weighted by molar-refractivity contribution is 7.90. The van der Waals surface area contributed by atoms with Crippen LogP contribution in [0.15, 0.2) is 88.6 Å². The minimum atomic E-state index is -3.23. The zero-order valence-corrected chi connectivity index (χ0v) is 31.6. The van der Waals surface area contributed by atoms with E-state index in [1.807, 2.05) is 55.4 Å². The molecule has 0 saturated heterocycles. The van der Waals surface area contributed by atoms with Crippen LogP contribution < -0.4 is 5.56 Å². The summed E-state index contributed by atoms with van der Waals surface area (Å²) < 4.78 is 34.9. The van der Waals surface area contributed by atoms with E-state index in [4.69, 9.17) is 14.5 Å². The summed E-state index contributed by atoms with van der Waals surface area (Å²) in [4.78, 5) is 44.5. The molecule has 14 heteroatoms. The van der Waals surface area contributed by atoms with Crippen molar-refractivity contribution in [2.45, 2.75) is 43.5 Å². The van der Waals surface area contributed by atoms with Gasteiger partial charge < -0.3 is 29.2 Å². The average Bonchev–Trinajstić information content (AvgIpc) is 3.71. The molecule has 280 valence electrons. The number of aliphatic hydroxyl groups is 1. The van der Waals surface area contributed by atoms with Crippen molar-refractivity contribution in [3.05, 3.63) is 123 Å². The second-order valence-electron chi connectivity index (χ2n) is 13.6. The van der Waals surface area contributed by atoms with Crippen molar-refractivity contribution in [3.63, 3.8) is 0 Å². The molecule has 0 amide bonds.